The number of nitrogens with zero attached hydrogens (tertiary/aromatic N) is 1. The van der Waals surface area contributed by atoms with Gasteiger partial charge in [0.2, 0.25) is 5.91 Å². The van der Waals surface area contributed by atoms with E-state index in [0.29, 0.717) is 6.42 Å². The maximum Gasteiger partial charge on any atom is 0.223 e. The Bertz CT molecular complexity index is 420. The SMILES string of the molecule is CNCCC(=O)N1CCC(C(O)c2ccccc2)CC1.Cl. The number of halogens is 1. The van der Waals surface area contributed by atoms with E-state index in [1.807, 2.05) is 42.3 Å². The molecule has 21 heavy (non-hydrogen) atoms. The molecule has 2 N–H and O–H groups in total. The predicted octanol–water partition coefficient (Wildman–Crippen LogP) is 1.99. The van der Waals surface area contributed by atoms with Crippen molar-refractivity contribution in [2.75, 3.05) is 26.7 Å². The molecule has 1 fully saturated rings. The van der Waals surface area contributed by atoms with Crippen LogP contribution in [0.2, 0.25) is 0 Å². The number of carbonyl (C=O) groups excluding carboxylic acids is 1. The zero-order chi connectivity index (χ0) is 14.4. The molecule has 0 aromatic heterocycles. The Hall–Kier alpha value is -1.10. The van der Waals surface area contributed by atoms with Crippen molar-refractivity contribution < 1.29 is 9.90 Å². The first-order valence-corrected chi connectivity index (χ1v) is 7.37. The average Bonchev–Trinajstić information content (AvgIpc) is 2.53. The van der Waals surface area contributed by atoms with E-state index in [9.17, 15) is 9.90 Å². The maximum absolute atomic E-state index is 11.9. The summed E-state index contributed by atoms with van der Waals surface area (Å²) in [6.45, 7) is 2.25. The van der Waals surface area contributed by atoms with Crippen LogP contribution in [0, 0.1) is 5.92 Å². The quantitative estimate of drug-likeness (QED) is 0.874. The van der Waals surface area contributed by atoms with Crippen LogP contribution in [-0.2, 0) is 4.79 Å². The molecule has 1 aromatic rings. The summed E-state index contributed by atoms with van der Waals surface area (Å²) in [6.07, 6.45) is 1.90. The highest BCUT2D eigenvalue weighted by Crippen LogP contribution is 2.30. The lowest BCUT2D eigenvalue weighted by molar-refractivity contribution is -0.133. The zero-order valence-corrected chi connectivity index (χ0v) is 13.3. The normalized spacial score (nSPS) is 17.1. The number of aliphatic hydroxyl groups excluding tert-OH is 1. The van der Waals surface area contributed by atoms with E-state index in [-0.39, 0.29) is 24.2 Å². The lowest BCUT2D eigenvalue weighted by Crippen LogP contribution is -2.40. The van der Waals surface area contributed by atoms with Gasteiger partial charge in [0.25, 0.3) is 0 Å². The van der Waals surface area contributed by atoms with Crippen molar-refractivity contribution in [2.24, 2.45) is 5.92 Å². The van der Waals surface area contributed by atoms with E-state index in [1.165, 1.54) is 0 Å². The number of likely N-dealkylation sites (tertiary alicyclic amines) is 1. The van der Waals surface area contributed by atoms with Crippen molar-refractivity contribution in [3.63, 3.8) is 0 Å². The van der Waals surface area contributed by atoms with Crippen LogP contribution in [0.15, 0.2) is 30.3 Å². The smallest absolute Gasteiger partial charge is 0.223 e. The molecule has 118 valence electrons. The third-order valence-electron chi connectivity index (χ3n) is 4.07. The summed E-state index contributed by atoms with van der Waals surface area (Å²) in [5.41, 5.74) is 0.979. The van der Waals surface area contributed by atoms with Crippen molar-refractivity contribution in [1.82, 2.24) is 10.2 Å². The molecule has 2 rings (SSSR count). The Morgan fingerprint density at radius 2 is 1.95 bits per heavy atom. The van der Waals surface area contributed by atoms with Gasteiger partial charge in [-0.05, 0) is 31.4 Å². The summed E-state index contributed by atoms with van der Waals surface area (Å²) in [6, 6.07) is 9.80. The molecule has 0 saturated carbocycles. The molecular weight excluding hydrogens is 288 g/mol. The van der Waals surface area contributed by atoms with Crippen LogP contribution in [0.4, 0.5) is 0 Å². The summed E-state index contributed by atoms with van der Waals surface area (Å²) >= 11 is 0. The Morgan fingerprint density at radius 1 is 1.33 bits per heavy atom. The van der Waals surface area contributed by atoms with Gasteiger partial charge < -0.3 is 15.3 Å². The molecule has 1 heterocycles. The monoisotopic (exact) mass is 312 g/mol. The maximum atomic E-state index is 11.9. The van der Waals surface area contributed by atoms with Gasteiger partial charge >= 0.3 is 0 Å². The molecular formula is C16H25ClN2O2. The van der Waals surface area contributed by atoms with E-state index < -0.39 is 6.10 Å². The van der Waals surface area contributed by atoms with Crippen LogP contribution in [0.3, 0.4) is 0 Å². The van der Waals surface area contributed by atoms with Gasteiger partial charge in [0.1, 0.15) is 0 Å². The van der Waals surface area contributed by atoms with Crippen molar-refractivity contribution in [3.8, 4) is 0 Å². The van der Waals surface area contributed by atoms with Gasteiger partial charge in [0.15, 0.2) is 0 Å². The minimum atomic E-state index is -0.411. The van der Waals surface area contributed by atoms with Crippen LogP contribution in [0.1, 0.15) is 30.9 Å². The zero-order valence-electron chi connectivity index (χ0n) is 12.5. The number of aliphatic hydroxyl groups is 1. The summed E-state index contributed by atoms with van der Waals surface area (Å²) < 4.78 is 0. The van der Waals surface area contributed by atoms with E-state index in [1.54, 1.807) is 0 Å². The number of piperidine rings is 1. The second kappa shape index (κ2) is 9.03. The topological polar surface area (TPSA) is 52.6 Å². The highest BCUT2D eigenvalue weighted by molar-refractivity contribution is 5.85. The molecule has 1 unspecified atom stereocenters. The summed E-state index contributed by atoms with van der Waals surface area (Å²) in [4.78, 5) is 13.8. The summed E-state index contributed by atoms with van der Waals surface area (Å²) in [7, 11) is 1.86. The molecule has 1 aliphatic heterocycles. The minimum absolute atomic E-state index is 0. The molecule has 1 amide bonds. The predicted molar refractivity (Wildman–Crippen MR) is 86.5 cm³/mol. The largest absolute Gasteiger partial charge is 0.388 e. The third-order valence-corrected chi connectivity index (χ3v) is 4.07. The Morgan fingerprint density at radius 3 is 2.52 bits per heavy atom. The first kappa shape index (κ1) is 18.0. The van der Waals surface area contributed by atoms with Crippen molar-refractivity contribution in [3.05, 3.63) is 35.9 Å². The minimum Gasteiger partial charge on any atom is -0.388 e. The van der Waals surface area contributed by atoms with Gasteiger partial charge in [-0.2, -0.15) is 0 Å². The average molecular weight is 313 g/mol. The second-order valence-electron chi connectivity index (χ2n) is 5.43. The van der Waals surface area contributed by atoms with Crippen molar-refractivity contribution >= 4 is 18.3 Å². The van der Waals surface area contributed by atoms with Crippen LogP contribution in [0.5, 0.6) is 0 Å². The molecule has 0 spiro atoms. The van der Waals surface area contributed by atoms with Crippen LogP contribution >= 0.6 is 12.4 Å². The second-order valence-corrected chi connectivity index (χ2v) is 5.43. The Kier molecular flexibility index (Phi) is 7.72. The fourth-order valence-corrected chi connectivity index (χ4v) is 2.78. The molecule has 1 saturated heterocycles. The van der Waals surface area contributed by atoms with E-state index in [2.05, 4.69) is 5.32 Å². The molecule has 4 nitrogen and oxygen atoms in total. The standard InChI is InChI=1S/C16H24N2O2.ClH/c1-17-10-7-15(19)18-11-8-14(9-12-18)16(20)13-5-3-2-4-6-13;/h2-6,14,16-17,20H,7-12H2,1H3;1H. The summed E-state index contributed by atoms with van der Waals surface area (Å²) in [5.74, 6) is 0.470. The molecule has 1 aliphatic rings. The van der Waals surface area contributed by atoms with Crippen LogP contribution in [0.25, 0.3) is 0 Å². The van der Waals surface area contributed by atoms with Gasteiger partial charge in [-0.3, -0.25) is 4.79 Å². The molecule has 0 bridgehead atoms. The highest BCUT2D eigenvalue weighted by atomic mass is 35.5. The van der Waals surface area contributed by atoms with E-state index >= 15 is 0 Å². The number of hydrogen-bond donors (Lipinski definition) is 2. The van der Waals surface area contributed by atoms with Crippen molar-refractivity contribution in [2.45, 2.75) is 25.4 Å². The number of benzene rings is 1. The Balaban J connectivity index is 0.00000220. The van der Waals surface area contributed by atoms with Gasteiger partial charge in [-0.15, -0.1) is 12.4 Å². The molecule has 5 heteroatoms. The first-order chi connectivity index (χ1) is 9.72. The van der Waals surface area contributed by atoms with Gasteiger partial charge in [0.05, 0.1) is 6.10 Å². The number of amides is 1. The van der Waals surface area contributed by atoms with Gasteiger partial charge in [-0.1, -0.05) is 30.3 Å². The molecule has 0 aliphatic carbocycles. The third kappa shape index (κ3) is 4.99. The van der Waals surface area contributed by atoms with Crippen LogP contribution in [-0.4, -0.2) is 42.6 Å². The number of carbonyl (C=O) groups is 1. The molecule has 0 radical (unpaired) electrons. The van der Waals surface area contributed by atoms with E-state index in [4.69, 9.17) is 0 Å². The number of hydrogen-bond acceptors (Lipinski definition) is 3. The summed E-state index contributed by atoms with van der Waals surface area (Å²) in [5, 5.41) is 13.4. The lowest BCUT2D eigenvalue weighted by Gasteiger charge is -2.34. The lowest BCUT2D eigenvalue weighted by atomic mass is 9.87. The highest BCUT2D eigenvalue weighted by Gasteiger charge is 2.27. The molecule has 1 aromatic carbocycles. The van der Waals surface area contributed by atoms with Gasteiger partial charge in [0, 0.05) is 26.1 Å². The molecule has 1 atom stereocenters. The fraction of sp³-hybridized carbons (Fsp3) is 0.562. The first-order valence-electron chi connectivity index (χ1n) is 7.37. The fourth-order valence-electron chi connectivity index (χ4n) is 2.78. The number of rotatable bonds is 5. The van der Waals surface area contributed by atoms with Crippen LogP contribution < -0.4 is 5.32 Å². The van der Waals surface area contributed by atoms with E-state index in [0.717, 1.165) is 38.0 Å². The number of nitrogens with one attached hydrogen (secondary N) is 1. The van der Waals surface area contributed by atoms with Gasteiger partial charge in [-0.25, -0.2) is 0 Å². The van der Waals surface area contributed by atoms with Crippen molar-refractivity contribution in [1.29, 1.82) is 0 Å². The Labute approximate surface area is 132 Å².